The van der Waals surface area contributed by atoms with E-state index < -0.39 is 9.84 Å². The molecule has 5 nitrogen and oxygen atoms in total. The number of nitrogens with zero attached hydrogens (tertiary/aromatic N) is 2. The Hall–Kier alpha value is -0.880. The minimum absolute atomic E-state index is 0.254. The first-order chi connectivity index (χ1) is 8.02. The topological polar surface area (TPSA) is 78.0 Å². The SMILES string of the molecule is CS(=O)(=O)c1cnn(C2CCCCC2CN)c1. The maximum atomic E-state index is 11.4. The average Bonchev–Trinajstić information content (AvgIpc) is 2.77. The van der Waals surface area contributed by atoms with Crippen molar-refractivity contribution in [1.29, 1.82) is 0 Å². The van der Waals surface area contributed by atoms with Crippen LogP contribution in [0.15, 0.2) is 17.3 Å². The van der Waals surface area contributed by atoms with Crippen molar-refractivity contribution in [3.8, 4) is 0 Å². The van der Waals surface area contributed by atoms with E-state index in [0.717, 1.165) is 19.3 Å². The van der Waals surface area contributed by atoms with Gasteiger partial charge >= 0.3 is 0 Å². The van der Waals surface area contributed by atoms with Gasteiger partial charge in [0.15, 0.2) is 9.84 Å². The first kappa shape index (κ1) is 12.6. The minimum atomic E-state index is -3.16. The number of sulfone groups is 1. The molecular weight excluding hydrogens is 238 g/mol. The van der Waals surface area contributed by atoms with Crippen LogP contribution in [0, 0.1) is 5.92 Å². The van der Waals surface area contributed by atoms with E-state index in [9.17, 15) is 8.42 Å². The fourth-order valence-corrected chi connectivity index (χ4v) is 3.04. The first-order valence-electron chi connectivity index (χ1n) is 5.96. The van der Waals surface area contributed by atoms with E-state index in [2.05, 4.69) is 5.10 Å². The summed E-state index contributed by atoms with van der Waals surface area (Å²) < 4.78 is 24.6. The highest BCUT2D eigenvalue weighted by Crippen LogP contribution is 2.33. The number of hydrogen-bond acceptors (Lipinski definition) is 4. The Morgan fingerprint density at radius 2 is 2.18 bits per heavy atom. The summed E-state index contributed by atoms with van der Waals surface area (Å²) in [4.78, 5) is 0.291. The Morgan fingerprint density at radius 3 is 2.76 bits per heavy atom. The molecule has 0 radical (unpaired) electrons. The van der Waals surface area contributed by atoms with Crippen LogP contribution in [-0.4, -0.2) is 31.0 Å². The maximum Gasteiger partial charge on any atom is 0.178 e. The van der Waals surface area contributed by atoms with Gasteiger partial charge in [-0.05, 0) is 25.3 Å². The molecule has 1 heterocycles. The van der Waals surface area contributed by atoms with Crippen LogP contribution in [-0.2, 0) is 9.84 Å². The largest absolute Gasteiger partial charge is 0.330 e. The lowest BCUT2D eigenvalue weighted by molar-refractivity contribution is 0.228. The molecule has 1 aliphatic carbocycles. The molecule has 1 saturated carbocycles. The summed E-state index contributed by atoms with van der Waals surface area (Å²) in [5, 5.41) is 4.19. The first-order valence-corrected chi connectivity index (χ1v) is 7.86. The molecule has 0 bridgehead atoms. The van der Waals surface area contributed by atoms with Crippen molar-refractivity contribution >= 4 is 9.84 Å². The van der Waals surface area contributed by atoms with E-state index in [1.54, 1.807) is 10.9 Å². The molecule has 1 aromatic heterocycles. The van der Waals surface area contributed by atoms with Gasteiger partial charge in [0.05, 0.1) is 12.2 Å². The molecule has 96 valence electrons. The van der Waals surface area contributed by atoms with Crippen LogP contribution < -0.4 is 5.73 Å². The molecule has 0 aromatic carbocycles. The molecule has 1 aliphatic rings. The third-order valence-corrected chi connectivity index (χ3v) is 4.58. The summed E-state index contributed by atoms with van der Waals surface area (Å²) in [7, 11) is -3.16. The Bertz CT molecular complexity index is 481. The van der Waals surface area contributed by atoms with Crippen molar-refractivity contribution in [2.45, 2.75) is 36.6 Å². The van der Waals surface area contributed by atoms with Crippen molar-refractivity contribution in [3.05, 3.63) is 12.4 Å². The van der Waals surface area contributed by atoms with E-state index in [1.165, 1.54) is 18.9 Å². The molecule has 1 aromatic rings. The van der Waals surface area contributed by atoms with Gasteiger partial charge in [-0.25, -0.2) is 8.42 Å². The van der Waals surface area contributed by atoms with Crippen molar-refractivity contribution in [1.82, 2.24) is 9.78 Å². The molecule has 2 N–H and O–H groups in total. The fourth-order valence-electron chi connectivity index (χ4n) is 2.50. The minimum Gasteiger partial charge on any atom is -0.330 e. The van der Waals surface area contributed by atoms with Crippen LogP contribution in [0.3, 0.4) is 0 Å². The molecule has 0 saturated heterocycles. The van der Waals surface area contributed by atoms with Crippen LogP contribution in [0.5, 0.6) is 0 Å². The number of hydrogen-bond donors (Lipinski definition) is 1. The lowest BCUT2D eigenvalue weighted by Gasteiger charge is -2.30. The second-order valence-electron chi connectivity index (χ2n) is 4.78. The van der Waals surface area contributed by atoms with Gasteiger partial charge < -0.3 is 5.73 Å². The fraction of sp³-hybridized carbons (Fsp3) is 0.727. The third-order valence-electron chi connectivity index (χ3n) is 3.52. The molecule has 2 unspecified atom stereocenters. The van der Waals surface area contributed by atoms with Crippen LogP contribution in [0.25, 0.3) is 0 Å². The van der Waals surface area contributed by atoms with Crippen molar-refractivity contribution in [2.75, 3.05) is 12.8 Å². The highest BCUT2D eigenvalue weighted by Gasteiger charge is 2.26. The van der Waals surface area contributed by atoms with Crippen molar-refractivity contribution < 1.29 is 8.42 Å². The average molecular weight is 257 g/mol. The summed E-state index contributed by atoms with van der Waals surface area (Å²) in [5.41, 5.74) is 5.76. The number of nitrogens with two attached hydrogens (primary N) is 1. The van der Waals surface area contributed by atoms with E-state index in [0.29, 0.717) is 17.4 Å². The van der Waals surface area contributed by atoms with E-state index in [1.807, 2.05) is 0 Å². The summed E-state index contributed by atoms with van der Waals surface area (Å²) in [6, 6.07) is 0.254. The third kappa shape index (κ3) is 2.69. The van der Waals surface area contributed by atoms with Gasteiger partial charge in [-0.2, -0.15) is 5.10 Å². The van der Waals surface area contributed by atoms with Gasteiger partial charge in [-0.1, -0.05) is 12.8 Å². The Balaban J connectivity index is 2.24. The standard InChI is InChI=1S/C11H19N3O2S/c1-17(15,16)10-7-13-14(8-10)11-5-3-2-4-9(11)6-12/h7-9,11H,2-6,12H2,1H3. The van der Waals surface area contributed by atoms with E-state index in [4.69, 9.17) is 5.73 Å². The lowest BCUT2D eigenvalue weighted by atomic mass is 9.85. The van der Waals surface area contributed by atoms with Crippen LogP contribution >= 0.6 is 0 Å². The Morgan fingerprint density at radius 1 is 1.47 bits per heavy atom. The van der Waals surface area contributed by atoms with Crippen molar-refractivity contribution in [3.63, 3.8) is 0 Å². The molecule has 2 rings (SSSR count). The molecule has 0 spiro atoms. The zero-order chi connectivity index (χ0) is 12.5. The molecular formula is C11H19N3O2S. The van der Waals surface area contributed by atoms with Gasteiger partial charge in [0.1, 0.15) is 4.90 Å². The smallest absolute Gasteiger partial charge is 0.178 e. The predicted molar refractivity (Wildman–Crippen MR) is 65.4 cm³/mol. The normalized spacial score (nSPS) is 26.0. The predicted octanol–water partition coefficient (Wildman–Crippen LogP) is 0.977. The van der Waals surface area contributed by atoms with Crippen LogP contribution in [0.4, 0.5) is 0 Å². The monoisotopic (exact) mass is 257 g/mol. The Kier molecular flexibility index (Phi) is 3.53. The van der Waals surface area contributed by atoms with Gasteiger partial charge in [-0.3, -0.25) is 4.68 Å². The Labute approximate surface area is 102 Å². The second-order valence-corrected chi connectivity index (χ2v) is 6.79. The summed E-state index contributed by atoms with van der Waals surface area (Å²) in [6.45, 7) is 0.638. The highest BCUT2D eigenvalue weighted by molar-refractivity contribution is 7.90. The van der Waals surface area contributed by atoms with E-state index >= 15 is 0 Å². The van der Waals surface area contributed by atoms with E-state index in [-0.39, 0.29) is 6.04 Å². The summed E-state index contributed by atoms with van der Waals surface area (Å²) in [5.74, 6) is 0.413. The zero-order valence-corrected chi connectivity index (χ0v) is 10.9. The molecule has 6 heteroatoms. The zero-order valence-electron chi connectivity index (χ0n) is 10.0. The summed E-state index contributed by atoms with van der Waals surface area (Å²) in [6.07, 6.45) is 8.77. The lowest BCUT2D eigenvalue weighted by Crippen LogP contribution is -2.29. The molecule has 2 atom stereocenters. The quantitative estimate of drug-likeness (QED) is 0.875. The highest BCUT2D eigenvalue weighted by atomic mass is 32.2. The van der Waals surface area contributed by atoms with Crippen molar-refractivity contribution in [2.24, 2.45) is 11.7 Å². The van der Waals surface area contributed by atoms with Crippen LogP contribution in [0.2, 0.25) is 0 Å². The number of aromatic nitrogens is 2. The van der Waals surface area contributed by atoms with Gasteiger partial charge in [0.25, 0.3) is 0 Å². The van der Waals surface area contributed by atoms with Gasteiger partial charge in [-0.15, -0.1) is 0 Å². The summed E-state index contributed by atoms with van der Waals surface area (Å²) >= 11 is 0. The maximum absolute atomic E-state index is 11.4. The second kappa shape index (κ2) is 4.78. The molecule has 0 aliphatic heterocycles. The van der Waals surface area contributed by atoms with Crippen LogP contribution in [0.1, 0.15) is 31.7 Å². The van der Waals surface area contributed by atoms with Gasteiger partial charge in [0.2, 0.25) is 0 Å². The molecule has 0 amide bonds. The number of rotatable bonds is 3. The molecule has 1 fully saturated rings. The van der Waals surface area contributed by atoms with Gasteiger partial charge in [0, 0.05) is 12.5 Å². The molecule has 17 heavy (non-hydrogen) atoms.